The van der Waals surface area contributed by atoms with Crippen LogP contribution in [0, 0.1) is 5.92 Å². The Kier molecular flexibility index (Phi) is 4.94. The molecule has 0 spiro atoms. The number of rotatable bonds is 4. The Morgan fingerprint density at radius 2 is 2.04 bits per heavy atom. The molecular formula is C18H26N6O. The summed E-state index contributed by atoms with van der Waals surface area (Å²) in [6.07, 6.45) is 9.99. The summed E-state index contributed by atoms with van der Waals surface area (Å²) in [5.74, 6) is 1.66. The molecule has 134 valence electrons. The van der Waals surface area contributed by atoms with Crippen molar-refractivity contribution in [3.8, 4) is 11.3 Å². The van der Waals surface area contributed by atoms with Gasteiger partial charge in [0.2, 0.25) is 0 Å². The predicted octanol–water partition coefficient (Wildman–Crippen LogP) is 1.43. The zero-order valence-corrected chi connectivity index (χ0v) is 14.8. The molecule has 2 aromatic rings. The smallest absolute Gasteiger partial charge is 0.147 e. The quantitative estimate of drug-likeness (QED) is 0.838. The van der Waals surface area contributed by atoms with Crippen LogP contribution in [0.2, 0.25) is 0 Å². The second-order valence-corrected chi connectivity index (χ2v) is 7.04. The number of aromatic nitrogens is 4. The lowest BCUT2D eigenvalue weighted by Gasteiger charge is -2.37. The lowest BCUT2D eigenvalue weighted by atomic mass is 10.0. The average Bonchev–Trinajstić information content (AvgIpc) is 3.10. The molecule has 2 aromatic heterocycles. The summed E-state index contributed by atoms with van der Waals surface area (Å²) in [5.41, 5.74) is 1.89. The molecule has 0 aromatic carbocycles. The first-order valence-corrected chi connectivity index (χ1v) is 9.14. The Labute approximate surface area is 148 Å². The van der Waals surface area contributed by atoms with E-state index in [1.807, 2.05) is 25.6 Å². The summed E-state index contributed by atoms with van der Waals surface area (Å²) < 4.78 is 7.40. The average molecular weight is 342 g/mol. The molecule has 0 radical (unpaired) electrons. The Hall–Kier alpha value is -1.99. The van der Waals surface area contributed by atoms with E-state index in [0.717, 1.165) is 63.0 Å². The van der Waals surface area contributed by atoms with Gasteiger partial charge in [-0.1, -0.05) is 0 Å². The first-order valence-electron chi connectivity index (χ1n) is 9.14. The van der Waals surface area contributed by atoms with Crippen LogP contribution >= 0.6 is 0 Å². The van der Waals surface area contributed by atoms with Gasteiger partial charge in [0.05, 0.1) is 30.9 Å². The maximum atomic E-state index is 5.61. The van der Waals surface area contributed by atoms with Gasteiger partial charge in [-0.25, -0.2) is 4.98 Å². The van der Waals surface area contributed by atoms with E-state index in [2.05, 4.69) is 19.9 Å². The van der Waals surface area contributed by atoms with Crippen LogP contribution in [0.5, 0.6) is 0 Å². The molecule has 4 heterocycles. The van der Waals surface area contributed by atoms with Crippen molar-refractivity contribution in [3.05, 3.63) is 24.8 Å². The number of nitrogens with zero attached hydrogens (tertiary/aromatic N) is 6. The van der Waals surface area contributed by atoms with E-state index in [0.29, 0.717) is 5.92 Å². The van der Waals surface area contributed by atoms with Crippen LogP contribution in [0.3, 0.4) is 0 Å². The van der Waals surface area contributed by atoms with Crippen LogP contribution in [-0.2, 0) is 11.8 Å². The van der Waals surface area contributed by atoms with Gasteiger partial charge in [0.1, 0.15) is 5.82 Å². The van der Waals surface area contributed by atoms with E-state index in [4.69, 9.17) is 9.72 Å². The number of anilines is 1. The zero-order valence-electron chi connectivity index (χ0n) is 14.8. The third-order valence-electron chi connectivity index (χ3n) is 5.09. The van der Waals surface area contributed by atoms with E-state index >= 15 is 0 Å². The fraction of sp³-hybridized carbons (Fsp3) is 0.611. The highest BCUT2D eigenvalue weighted by atomic mass is 16.5. The molecule has 7 nitrogen and oxygen atoms in total. The minimum absolute atomic E-state index is 0.703. The minimum Gasteiger partial charge on any atom is -0.381 e. The van der Waals surface area contributed by atoms with Crippen LogP contribution in [-0.4, -0.2) is 70.6 Å². The fourth-order valence-corrected chi connectivity index (χ4v) is 3.68. The minimum atomic E-state index is 0.703. The highest BCUT2D eigenvalue weighted by Crippen LogP contribution is 2.21. The van der Waals surface area contributed by atoms with E-state index < -0.39 is 0 Å². The van der Waals surface area contributed by atoms with Crippen molar-refractivity contribution in [1.82, 2.24) is 24.6 Å². The summed E-state index contributed by atoms with van der Waals surface area (Å²) in [6, 6.07) is 0. The highest BCUT2D eigenvalue weighted by Gasteiger charge is 2.22. The van der Waals surface area contributed by atoms with E-state index in [1.165, 1.54) is 12.8 Å². The van der Waals surface area contributed by atoms with Crippen molar-refractivity contribution in [2.45, 2.75) is 12.8 Å². The fourth-order valence-electron chi connectivity index (χ4n) is 3.68. The molecular weight excluding hydrogens is 316 g/mol. The number of hydrogen-bond donors (Lipinski definition) is 0. The maximum absolute atomic E-state index is 5.61. The third kappa shape index (κ3) is 3.99. The zero-order chi connectivity index (χ0) is 17.1. The Morgan fingerprint density at radius 1 is 1.16 bits per heavy atom. The summed E-state index contributed by atoms with van der Waals surface area (Å²) in [7, 11) is 1.91. The number of aryl methyl sites for hydroxylation is 1. The highest BCUT2D eigenvalue weighted by molar-refractivity contribution is 5.58. The van der Waals surface area contributed by atoms with E-state index in [9.17, 15) is 0 Å². The van der Waals surface area contributed by atoms with Crippen LogP contribution in [0.1, 0.15) is 12.8 Å². The molecule has 2 aliphatic rings. The van der Waals surface area contributed by atoms with Gasteiger partial charge in [0.15, 0.2) is 0 Å². The van der Waals surface area contributed by atoms with Gasteiger partial charge in [0, 0.05) is 58.1 Å². The molecule has 0 aliphatic carbocycles. The topological polar surface area (TPSA) is 59.3 Å². The van der Waals surface area contributed by atoms with Gasteiger partial charge < -0.3 is 9.64 Å². The number of hydrogen-bond acceptors (Lipinski definition) is 6. The number of ether oxygens (including phenoxy) is 1. The summed E-state index contributed by atoms with van der Waals surface area (Å²) in [4.78, 5) is 14.1. The monoisotopic (exact) mass is 342 g/mol. The standard InChI is InChI=1S/C18H26N6O/c1-22-13-16(9-20-22)17-10-19-11-18(21-17)24-6-4-23(5-7-24)12-15-3-2-8-25-14-15/h9-11,13,15H,2-8,12,14H2,1H3. The summed E-state index contributed by atoms with van der Waals surface area (Å²) in [6.45, 7) is 7.19. The van der Waals surface area contributed by atoms with Crippen LogP contribution in [0.4, 0.5) is 5.82 Å². The van der Waals surface area contributed by atoms with Gasteiger partial charge in [-0.15, -0.1) is 0 Å². The van der Waals surface area contributed by atoms with E-state index in [1.54, 1.807) is 10.9 Å². The normalized spacial score (nSPS) is 22.3. The van der Waals surface area contributed by atoms with Gasteiger partial charge in [-0.2, -0.15) is 5.10 Å². The molecule has 7 heteroatoms. The van der Waals surface area contributed by atoms with Gasteiger partial charge in [-0.05, 0) is 18.8 Å². The molecule has 4 rings (SSSR count). The maximum Gasteiger partial charge on any atom is 0.147 e. The summed E-state index contributed by atoms with van der Waals surface area (Å²) in [5, 5.41) is 4.22. The molecule has 0 N–H and O–H groups in total. The van der Waals surface area contributed by atoms with Crippen molar-refractivity contribution in [2.75, 3.05) is 50.8 Å². The molecule has 2 fully saturated rings. The van der Waals surface area contributed by atoms with Crippen molar-refractivity contribution in [3.63, 3.8) is 0 Å². The van der Waals surface area contributed by atoms with Crippen molar-refractivity contribution < 1.29 is 4.74 Å². The Balaban J connectivity index is 1.36. The SMILES string of the molecule is Cn1cc(-c2cncc(N3CCN(CC4CCCOC4)CC3)n2)cn1. The molecule has 25 heavy (non-hydrogen) atoms. The van der Waals surface area contributed by atoms with Crippen LogP contribution in [0.25, 0.3) is 11.3 Å². The molecule has 1 unspecified atom stereocenters. The van der Waals surface area contributed by atoms with Crippen molar-refractivity contribution >= 4 is 5.82 Å². The largest absolute Gasteiger partial charge is 0.381 e. The van der Waals surface area contributed by atoms with Gasteiger partial charge >= 0.3 is 0 Å². The Bertz CT molecular complexity index is 688. The summed E-state index contributed by atoms with van der Waals surface area (Å²) >= 11 is 0. The number of piperazine rings is 1. The molecule has 0 bridgehead atoms. The second kappa shape index (κ2) is 7.49. The first kappa shape index (κ1) is 16.5. The van der Waals surface area contributed by atoms with Crippen molar-refractivity contribution in [2.24, 2.45) is 13.0 Å². The lowest BCUT2D eigenvalue weighted by Crippen LogP contribution is -2.48. The van der Waals surface area contributed by atoms with Crippen LogP contribution < -0.4 is 4.90 Å². The predicted molar refractivity (Wildman–Crippen MR) is 96.4 cm³/mol. The van der Waals surface area contributed by atoms with Gasteiger partial charge in [0.25, 0.3) is 0 Å². The molecule has 0 amide bonds. The molecule has 2 saturated heterocycles. The van der Waals surface area contributed by atoms with Gasteiger partial charge in [-0.3, -0.25) is 14.6 Å². The molecule has 1 atom stereocenters. The Morgan fingerprint density at radius 3 is 2.76 bits per heavy atom. The first-order chi connectivity index (χ1) is 12.3. The van der Waals surface area contributed by atoms with E-state index in [-0.39, 0.29) is 0 Å². The van der Waals surface area contributed by atoms with Crippen molar-refractivity contribution in [1.29, 1.82) is 0 Å². The second-order valence-electron chi connectivity index (χ2n) is 7.04. The molecule has 0 saturated carbocycles. The molecule has 2 aliphatic heterocycles. The van der Waals surface area contributed by atoms with Crippen LogP contribution in [0.15, 0.2) is 24.8 Å². The lowest BCUT2D eigenvalue weighted by molar-refractivity contribution is 0.0376. The third-order valence-corrected chi connectivity index (χ3v) is 5.09.